The first-order valence-electron chi connectivity index (χ1n) is 9.72. The molecule has 0 spiro atoms. The number of nitrogens with one attached hydrogen (secondary N) is 1. The van der Waals surface area contributed by atoms with Gasteiger partial charge in [0, 0.05) is 17.5 Å². The number of carbonyl (C=O) groups is 1. The molecule has 1 atom stereocenters. The topological polar surface area (TPSA) is 59.8 Å². The number of nitrogens with zero attached hydrogens (tertiary/aromatic N) is 3. The normalized spacial score (nSPS) is 14.8. The number of aromatic nitrogens is 3. The number of halogens is 1. The quantitative estimate of drug-likeness (QED) is 0.693. The van der Waals surface area contributed by atoms with Gasteiger partial charge in [-0.1, -0.05) is 12.5 Å². The summed E-state index contributed by atoms with van der Waals surface area (Å²) >= 11 is 0. The third-order valence-electron chi connectivity index (χ3n) is 5.20. The SMILES string of the molecule is CC(NC(=O)c1nn(-c2ccc(F)cc2)c2c1CCCCC2)c1ccccn1. The lowest BCUT2D eigenvalue weighted by Crippen LogP contribution is -2.28. The maximum Gasteiger partial charge on any atom is 0.272 e. The Morgan fingerprint density at radius 3 is 2.64 bits per heavy atom. The number of carbonyl (C=O) groups excluding carboxylic acids is 1. The van der Waals surface area contributed by atoms with Gasteiger partial charge in [0.05, 0.1) is 17.4 Å². The summed E-state index contributed by atoms with van der Waals surface area (Å²) in [5.41, 5.74) is 4.10. The average molecular weight is 378 g/mol. The molecule has 2 aromatic heterocycles. The summed E-state index contributed by atoms with van der Waals surface area (Å²) in [6.07, 6.45) is 6.64. The lowest BCUT2D eigenvalue weighted by atomic mass is 10.1. The number of amides is 1. The van der Waals surface area contributed by atoms with Crippen molar-refractivity contribution >= 4 is 5.91 Å². The van der Waals surface area contributed by atoms with Gasteiger partial charge in [-0.2, -0.15) is 5.10 Å². The molecule has 1 N–H and O–H groups in total. The zero-order chi connectivity index (χ0) is 19.5. The highest BCUT2D eigenvalue weighted by Crippen LogP contribution is 2.27. The van der Waals surface area contributed by atoms with E-state index in [9.17, 15) is 9.18 Å². The Bertz CT molecular complexity index is 966. The molecule has 0 saturated heterocycles. The van der Waals surface area contributed by atoms with Crippen LogP contribution in [-0.2, 0) is 12.8 Å². The Balaban J connectivity index is 1.68. The highest BCUT2D eigenvalue weighted by molar-refractivity contribution is 5.94. The van der Waals surface area contributed by atoms with Gasteiger partial charge in [0.2, 0.25) is 0 Å². The van der Waals surface area contributed by atoms with E-state index in [2.05, 4.69) is 15.4 Å². The molecule has 0 bridgehead atoms. The number of hydrogen-bond donors (Lipinski definition) is 1. The predicted octanol–water partition coefficient (Wildman–Crippen LogP) is 4.17. The van der Waals surface area contributed by atoms with E-state index in [0.717, 1.165) is 54.7 Å². The van der Waals surface area contributed by atoms with E-state index in [0.29, 0.717) is 5.69 Å². The molecule has 0 radical (unpaired) electrons. The van der Waals surface area contributed by atoms with Crippen molar-refractivity contribution < 1.29 is 9.18 Å². The molecule has 5 nitrogen and oxygen atoms in total. The first-order valence-corrected chi connectivity index (χ1v) is 9.72. The molecule has 1 aliphatic rings. The third-order valence-corrected chi connectivity index (χ3v) is 5.20. The van der Waals surface area contributed by atoms with E-state index in [1.807, 2.05) is 25.1 Å². The standard InChI is InChI=1S/C22H23FN4O/c1-15(19-8-5-6-14-24-19)25-22(28)21-18-7-3-2-4-9-20(18)27(26-21)17-12-10-16(23)11-13-17/h5-6,8,10-15H,2-4,7,9H2,1H3,(H,25,28). The van der Waals surface area contributed by atoms with Crippen LogP contribution in [0.3, 0.4) is 0 Å². The molecule has 0 saturated carbocycles. The molecule has 3 aromatic rings. The van der Waals surface area contributed by atoms with Gasteiger partial charge in [-0.15, -0.1) is 0 Å². The van der Waals surface area contributed by atoms with Gasteiger partial charge in [0.1, 0.15) is 5.82 Å². The van der Waals surface area contributed by atoms with Gasteiger partial charge in [-0.05, 0) is 69.0 Å². The molecule has 1 unspecified atom stereocenters. The van der Waals surface area contributed by atoms with Crippen molar-refractivity contribution in [1.82, 2.24) is 20.1 Å². The van der Waals surface area contributed by atoms with Crippen LogP contribution in [-0.4, -0.2) is 20.7 Å². The molecule has 2 heterocycles. The van der Waals surface area contributed by atoms with Crippen LogP contribution in [0.15, 0.2) is 48.7 Å². The van der Waals surface area contributed by atoms with E-state index < -0.39 is 0 Å². The number of benzene rings is 1. The van der Waals surface area contributed by atoms with Gasteiger partial charge in [-0.3, -0.25) is 9.78 Å². The number of pyridine rings is 1. The fourth-order valence-electron chi connectivity index (χ4n) is 3.73. The lowest BCUT2D eigenvalue weighted by molar-refractivity contribution is 0.0932. The van der Waals surface area contributed by atoms with Crippen LogP contribution in [0.2, 0.25) is 0 Å². The van der Waals surface area contributed by atoms with Crippen molar-refractivity contribution in [2.75, 3.05) is 0 Å². The van der Waals surface area contributed by atoms with E-state index in [1.54, 1.807) is 23.0 Å². The Hall–Kier alpha value is -3.02. The molecule has 144 valence electrons. The van der Waals surface area contributed by atoms with E-state index in [-0.39, 0.29) is 17.8 Å². The zero-order valence-corrected chi connectivity index (χ0v) is 15.9. The number of hydrogen-bond acceptors (Lipinski definition) is 3. The molecule has 0 fully saturated rings. The Morgan fingerprint density at radius 1 is 1.11 bits per heavy atom. The fraction of sp³-hybridized carbons (Fsp3) is 0.318. The largest absolute Gasteiger partial charge is 0.343 e. The summed E-state index contributed by atoms with van der Waals surface area (Å²) in [5, 5.41) is 7.66. The summed E-state index contributed by atoms with van der Waals surface area (Å²) in [4.78, 5) is 17.3. The van der Waals surface area contributed by atoms with Gasteiger partial charge in [-0.25, -0.2) is 9.07 Å². The second-order valence-corrected chi connectivity index (χ2v) is 7.17. The number of rotatable bonds is 4. The van der Waals surface area contributed by atoms with Crippen LogP contribution < -0.4 is 5.32 Å². The predicted molar refractivity (Wildman–Crippen MR) is 105 cm³/mol. The van der Waals surface area contributed by atoms with Crippen molar-refractivity contribution in [3.63, 3.8) is 0 Å². The van der Waals surface area contributed by atoms with Crippen LogP contribution in [0.5, 0.6) is 0 Å². The lowest BCUT2D eigenvalue weighted by Gasteiger charge is -2.12. The number of fused-ring (bicyclic) bond motifs is 1. The Kier molecular flexibility index (Phi) is 5.19. The molecular formula is C22H23FN4O. The van der Waals surface area contributed by atoms with Crippen molar-refractivity contribution in [1.29, 1.82) is 0 Å². The molecule has 6 heteroatoms. The highest BCUT2D eigenvalue weighted by atomic mass is 19.1. The second-order valence-electron chi connectivity index (χ2n) is 7.17. The van der Waals surface area contributed by atoms with Crippen molar-refractivity contribution in [2.24, 2.45) is 0 Å². The van der Waals surface area contributed by atoms with Gasteiger partial charge in [0.15, 0.2) is 5.69 Å². The summed E-state index contributed by atoms with van der Waals surface area (Å²) in [7, 11) is 0. The van der Waals surface area contributed by atoms with Gasteiger partial charge in [0.25, 0.3) is 5.91 Å². The minimum absolute atomic E-state index is 0.197. The van der Waals surface area contributed by atoms with Crippen LogP contribution in [0.1, 0.15) is 59.7 Å². The van der Waals surface area contributed by atoms with E-state index in [1.165, 1.54) is 12.1 Å². The molecule has 1 aromatic carbocycles. The molecule has 28 heavy (non-hydrogen) atoms. The van der Waals surface area contributed by atoms with Crippen LogP contribution in [0.4, 0.5) is 4.39 Å². The van der Waals surface area contributed by atoms with Gasteiger partial charge >= 0.3 is 0 Å². The third kappa shape index (κ3) is 3.67. The smallest absolute Gasteiger partial charge is 0.272 e. The highest BCUT2D eigenvalue weighted by Gasteiger charge is 2.25. The summed E-state index contributed by atoms with van der Waals surface area (Å²) in [6, 6.07) is 11.7. The molecule has 1 aliphatic carbocycles. The fourth-order valence-corrected chi connectivity index (χ4v) is 3.73. The second kappa shape index (κ2) is 7.92. The minimum atomic E-state index is -0.288. The Morgan fingerprint density at radius 2 is 1.89 bits per heavy atom. The molecule has 1 amide bonds. The van der Waals surface area contributed by atoms with Crippen molar-refractivity contribution in [2.45, 2.75) is 45.1 Å². The first-order chi connectivity index (χ1) is 13.6. The molecule has 4 rings (SSSR count). The van der Waals surface area contributed by atoms with Crippen LogP contribution in [0, 0.1) is 5.82 Å². The summed E-state index contributed by atoms with van der Waals surface area (Å²) < 4.78 is 15.2. The average Bonchev–Trinajstić information content (AvgIpc) is 2.90. The van der Waals surface area contributed by atoms with E-state index >= 15 is 0 Å². The summed E-state index contributed by atoms with van der Waals surface area (Å²) in [5.74, 6) is -0.485. The van der Waals surface area contributed by atoms with Crippen molar-refractivity contribution in [3.8, 4) is 5.69 Å². The monoisotopic (exact) mass is 378 g/mol. The molecular weight excluding hydrogens is 355 g/mol. The van der Waals surface area contributed by atoms with Crippen LogP contribution in [0.25, 0.3) is 5.69 Å². The summed E-state index contributed by atoms with van der Waals surface area (Å²) in [6.45, 7) is 1.91. The maximum absolute atomic E-state index is 13.3. The zero-order valence-electron chi connectivity index (χ0n) is 15.9. The van der Waals surface area contributed by atoms with Crippen molar-refractivity contribution in [3.05, 3.63) is 77.1 Å². The first kappa shape index (κ1) is 18.3. The molecule has 0 aliphatic heterocycles. The minimum Gasteiger partial charge on any atom is -0.343 e. The van der Waals surface area contributed by atoms with E-state index in [4.69, 9.17) is 0 Å². The Labute approximate surface area is 163 Å². The van der Waals surface area contributed by atoms with Gasteiger partial charge < -0.3 is 5.32 Å². The van der Waals surface area contributed by atoms with Crippen LogP contribution >= 0.6 is 0 Å². The maximum atomic E-state index is 13.3.